The standard InChI is InChI=1S/C17H16F3N3O/c18-13-2-1-10(7-14(13)19)11-3-5-22-9-16(11)23-17(24)12-4-6-21-8-15(12)20/h1-2,4,6-8,11,16,22H,3,5,9H2,(H,23,24). The second kappa shape index (κ2) is 7.00. The quantitative estimate of drug-likeness (QED) is 0.905. The van der Waals surface area contributed by atoms with Gasteiger partial charge >= 0.3 is 0 Å². The zero-order valence-corrected chi connectivity index (χ0v) is 12.7. The van der Waals surface area contributed by atoms with Crippen molar-refractivity contribution in [2.24, 2.45) is 0 Å². The number of halogens is 3. The van der Waals surface area contributed by atoms with E-state index < -0.39 is 23.4 Å². The summed E-state index contributed by atoms with van der Waals surface area (Å²) in [5.41, 5.74) is 0.510. The molecule has 0 aliphatic carbocycles. The van der Waals surface area contributed by atoms with Crippen LogP contribution in [-0.2, 0) is 0 Å². The largest absolute Gasteiger partial charge is 0.347 e. The highest BCUT2D eigenvalue weighted by Gasteiger charge is 2.29. The van der Waals surface area contributed by atoms with Crippen LogP contribution in [0.5, 0.6) is 0 Å². The van der Waals surface area contributed by atoms with Crippen molar-refractivity contribution < 1.29 is 18.0 Å². The minimum atomic E-state index is -0.920. The van der Waals surface area contributed by atoms with Gasteiger partial charge in [0.25, 0.3) is 5.91 Å². The molecule has 3 rings (SSSR count). The Morgan fingerprint density at radius 2 is 2.00 bits per heavy atom. The summed E-state index contributed by atoms with van der Waals surface area (Å²) in [6, 6.07) is 4.68. The minimum absolute atomic E-state index is 0.0976. The van der Waals surface area contributed by atoms with Crippen molar-refractivity contribution in [1.29, 1.82) is 0 Å². The summed E-state index contributed by atoms with van der Waals surface area (Å²) in [4.78, 5) is 15.9. The fraction of sp³-hybridized carbons (Fsp3) is 0.294. The second-order valence-electron chi connectivity index (χ2n) is 5.71. The number of carbonyl (C=O) groups is 1. The lowest BCUT2D eigenvalue weighted by atomic mass is 9.86. The lowest BCUT2D eigenvalue weighted by Crippen LogP contribution is -2.50. The van der Waals surface area contributed by atoms with Crippen LogP contribution < -0.4 is 10.6 Å². The van der Waals surface area contributed by atoms with E-state index in [1.54, 1.807) is 0 Å². The number of hydrogen-bond acceptors (Lipinski definition) is 3. The number of benzene rings is 1. The molecule has 2 unspecified atom stereocenters. The van der Waals surface area contributed by atoms with Gasteiger partial charge in [0, 0.05) is 24.7 Å². The van der Waals surface area contributed by atoms with E-state index >= 15 is 0 Å². The Balaban J connectivity index is 1.81. The highest BCUT2D eigenvalue weighted by atomic mass is 19.2. The molecule has 1 aliphatic rings. The maximum atomic E-state index is 13.7. The molecule has 7 heteroatoms. The number of nitrogens with one attached hydrogen (secondary N) is 2. The van der Waals surface area contributed by atoms with Crippen LogP contribution in [-0.4, -0.2) is 30.0 Å². The number of pyridine rings is 1. The third-order valence-corrected chi connectivity index (χ3v) is 4.19. The van der Waals surface area contributed by atoms with Gasteiger partial charge in [-0.05, 0) is 36.7 Å². The van der Waals surface area contributed by atoms with Crippen LogP contribution in [0, 0.1) is 17.5 Å². The molecule has 24 heavy (non-hydrogen) atoms. The topological polar surface area (TPSA) is 54.0 Å². The van der Waals surface area contributed by atoms with Gasteiger partial charge in [0.15, 0.2) is 17.5 Å². The van der Waals surface area contributed by atoms with Crippen LogP contribution in [0.4, 0.5) is 13.2 Å². The number of piperidine rings is 1. The van der Waals surface area contributed by atoms with Gasteiger partial charge < -0.3 is 10.6 Å². The molecule has 2 aromatic rings. The number of hydrogen-bond donors (Lipinski definition) is 2. The molecule has 1 aromatic heterocycles. The van der Waals surface area contributed by atoms with Gasteiger partial charge in [0.1, 0.15) is 0 Å². The van der Waals surface area contributed by atoms with E-state index in [9.17, 15) is 18.0 Å². The lowest BCUT2D eigenvalue weighted by molar-refractivity contribution is 0.0920. The molecule has 1 fully saturated rings. The minimum Gasteiger partial charge on any atom is -0.347 e. The predicted molar refractivity (Wildman–Crippen MR) is 82.0 cm³/mol. The van der Waals surface area contributed by atoms with Gasteiger partial charge in [-0.1, -0.05) is 6.07 Å². The monoisotopic (exact) mass is 335 g/mol. The fourth-order valence-corrected chi connectivity index (χ4v) is 2.96. The van der Waals surface area contributed by atoms with Gasteiger partial charge in [-0.15, -0.1) is 0 Å². The van der Waals surface area contributed by atoms with Crippen LogP contribution in [0.2, 0.25) is 0 Å². The van der Waals surface area contributed by atoms with E-state index in [2.05, 4.69) is 15.6 Å². The zero-order chi connectivity index (χ0) is 17.1. The highest BCUT2D eigenvalue weighted by molar-refractivity contribution is 5.94. The first-order chi connectivity index (χ1) is 11.6. The Hall–Kier alpha value is -2.41. The Labute approximate surface area is 137 Å². The predicted octanol–water partition coefficient (Wildman–Crippen LogP) is 2.37. The van der Waals surface area contributed by atoms with Crippen LogP contribution in [0.1, 0.15) is 28.3 Å². The normalized spacial score (nSPS) is 20.6. The van der Waals surface area contributed by atoms with Crippen molar-refractivity contribution in [2.75, 3.05) is 13.1 Å². The summed E-state index contributed by atoms with van der Waals surface area (Å²) in [6.45, 7) is 1.15. The number of aromatic nitrogens is 1. The summed E-state index contributed by atoms with van der Waals surface area (Å²) >= 11 is 0. The molecule has 0 radical (unpaired) electrons. The fourth-order valence-electron chi connectivity index (χ4n) is 2.96. The third kappa shape index (κ3) is 3.41. The molecular weight excluding hydrogens is 319 g/mol. The summed E-state index contributed by atoms with van der Waals surface area (Å²) < 4.78 is 40.3. The van der Waals surface area contributed by atoms with Crippen molar-refractivity contribution in [3.63, 3.8) is 0 Å². The molecular formula is C17H16F3N3O. The number of carbonyl (C=O) groups excluding carboxylic acids is 1. The molecule has 0 bridgehead atoms. The summed E-state index contributed by atoms with van der Waals surface area (Å²) in [5.74, 6) is -3.28. The molecule has 2 atom stereocenters. The molecule has 1 aliphatic heterocycles. The number of rotatable bonds is 3. The van der Waals surface area contributed by atoms with Crippen molar-refractivity contribution in [1.82, 2.24) is 15.6 Å². The van der Waals surface area contributed by atoms with Crippen LogP contribution in [0.15, 0.2) is 36.7 Å². The molecule has 0 spiro atoms. The van der Waals surface area contributed by atoms with E-state index in [0.29, 0.717) is 25.1 Å². The molecule has 1 aromatic carbocycles. The van der Waals surface area contributed by atoms with E-state index in [1.165, 1.54) is 18.3 Å². The molecule has 1 saturated heterocycles. The van der Waals surface area contributed by atoms with E-state index in [-0.39, 0.29) is 17.5 Å². The van der Waals surface area contributed by atoms with Gasteiger partial charge in [0.05, 0.1) is 11.8 Å². The van der Waals surface area contributed by atoms with Crippen molar-refractivity contribution in [3.8, 4) is 0 Å². The van der Waals surface area contributed by atoms with Crippen LogP contribution >= 0.6 is 0 Å². The number of nitrogens with zero attached hydrogens (tertiary/aromatic N) is 1. The van der Waals surface area contributed by atoms with Gasteiger partial charge in [-0.2, -0.15) is 0 Å². The maximum Gasteiger partial charge on any atom is 0.254 e. The van der Waals surface area contributed by atoms with Crippen molar-refractivity contribution in [3.05, 3.63) is 65.2 Å². The molecule has 126 valence electrons. The SMILES string of the molecule is O=C(NC1CNCCC1c1ccc(F)c(F)c1)c1ccncc1F. The van der Waals surface area contributed by atoms with E-state index in [1.807, 2.05) is 0 Å². The average Bonchev–Trinajstić information content (AvgIpc) is 2.58. The van der Waals surface area contributed by atoms with E-state index in [0.717, 1.165) is 18.3 Å². The zero-order valence-electron chi connectivity index (χ0n) is 12.7. The van der Waals surface area contributed by atoms with Crippen molar-refractivity contribution >= 4 is 5.91 Å². The van der Waals surface area contributed by atoms with Crippen LogP contribution in [0.3, 0.4) is 0 Å². The second-order valence-corrected chi connectivity index (χ2v) is 5.71. The Morgan fingerprint density at radius 1 is 1.17 bits per heavy atom. The third-order valence-electron chi connectivity index (χ3n) is 4.19. The highest BCUT2D eigenvalue weighted by Crippen LogP contribution is 2.27. The summed E-state index contributed by atoms with van der Waals surface area (Å²) in [7, 11) is 0. The van der Waals surface area contributed by atoms with E-state index in [4.69, 9.17) is 0 Å². The summed E-state index contributed by atoms with van der Waals surface area (Å²) in [5, 5.41) is 5.92. The first-order valence-corrected chi connectivity index (χ1v) is 7.62. The summed E-state index contributed by atoms with van der Waals surface area (Å²) in [6.07, 6.45) is 2.96. The first kappa shape index (κ1) is 16.4. The molecule has 0 saturated carbocycles. The Bertz CT molecular complexity index is 754. The van der Waals surface area contributed by atoms with Gasteiger partial charge in [0.2, 0.25) is 0 Å². The van der Waals surface area contributed by atoms with Crippen LogP contribution in [0.25, 0.3) is 0 Å². The van der Waals surface area contributed by atoms with Crippen molar-refractivity contribution in [2.45, 2.75) is 18.4 Å². The Morgan fingerprint density at radius 3 is 2.75 bits per heavy atom. The Kier molecular flexibility index (Phi) is 4.80. The average molecular weight is 335 g/mol. The lowest BCUT2D eigenvalue weighted by Gasteiger charge is -2.33. The van der Waals surface area contributed by atoms with Gasteiger partial charge in [-0.3, -0.25) is 9.78 Å². The maximum absolute atomic E-state index is 13.7. The molecule has 4 nitrogen and oxygen atoms in total. The molecule has 1 amide bonds. The smallest absolute Gasteiger partial charge is 0.254 e. The molecule has 2 N–H and O–H groups in total. The number of amides is 1. The molecule has 2 heterocycles. The first-order valence-electron chi connectivity index (χ1n) is 7.62. The van der Waals surface area contributed by atoms with Gasteiger partial charge in [-0.25, -0.2) is 13.2 Å².